The molecule has 200 valence electrons. The number of aromatic nitrogens is 1. The molecule has 2 aromatic carbocycles. The maximum absolute atomic E-state index is 14.4. The van der Waals surface area contributed by atoms with Gasteiger partial charge in [0, 0.05) is 30.8 Å². The van der Waals surface area contributed by atoms with Crippen molar-refractivity contribution in [2.75, 3.05) is 18.4 Å². The fourth-order valence-corrected chi connectivity index (χ4v) is 5.82. The molecule has 0 saturated carbocycles. The SMILES string of the molecule is O=C1CCC(N2Cc3cc(C4CCN(Cc5ccc(F)c(Nc6ccccc6)n5)CC4)ccc3C2=O)C(=O)N1. The van der Waals surface area contributed by atoms with Gasteiger partial charge in [-0.25, -0.2) is 9.37 Å². The highest BCUT2D eigenvalue weighted by Crippen LogP contribution is 2.34. The third kappa shape index (κ3) is 5.27. The molecule has 1 aromatic heterocycles. The van der Waals surface area contributed by atoms with Crippen molar-refractivity contribution in [3.05, 3.63) is 88.9 Å². The van der Waals surface area contributed by atoms with Crippen molar-refractivity contribution in [1.29, 1.82) is 0 Å². The number of nitrogens with one attached hydrogen (secondary N) is 2. The minimum absolute atomic E-state index is 0.145. The monoisotopic (exact) mass is 527 g/mol. The molecule has 3 aliphatic rings. The van der Waals surface area contributed by atoms with Gasteiger partial charge in [-0.05, 0) is 79.7 Å². The van der Waals surface area contributed by atoms with Crippen LogP contribution in [-0.4, -0.2) is 51.6 Å². The lowest BCUT2D eigenvalue weighted by atomic mass is 9.88. The number of amides is 3. The number of para-hydroxylation sites is 1. The third-order valence-electron chi connectivity index (χ3n) is 7.93. The van der Waals surface area contributed by atoms with E-state index in [-0.39, 0.29) is 29.9 Å². The highest BCUT2D eigenvalue weighted by molar-refractivity contribution is 6.05. The molecule has 0 bridgehead atoms. The summed E-state index contributed by atoms with van der Waals surface area (Å²) >= 11 is 0. The van der Waals surface area contributed by atoms with Gasteiger partial charge >= 0.3 is 0 Å². The quantitative estimate of drug-likeness (QED) is 0.469. The van der Waals surface area contributed by atoms with Crippen LogP contribution in [0.15, 0.2) is 60.7 Å². The van der Waals surface area contributed by atoms with E-state index in [9.17, 15) is 18.8 Å². The van der Waals surface area contributed by atoms with Crippen LogP contribution in [0.5, 0.6) is 0 Å². The fraction of sp³-hybridized carbons (Fsp3) is 0.333. The summed E-state index contributed by atoms with van der Waals surface area (Å²) < 4.78 is 14.4. The van der Waals surface area contributed by atoms with Crippen LogP contribution in [0.4, 0.5) is 15.9 Å². The predicted octanol–water partition coefficient (Wildman–Crippen LogP) is 4.10. The van der Waals surface area contributed by atoms with Crippen molar-refractivity contribution in [3.8, 4) is 0 Å². The van der Waals surface area contributed by atoms with Crippen LogP contribution in [0.1, 0.15) is 58.8 Å². The van der Waals surface area contributed by atoms with Gasteiger partial charge in [-0.3, -0.25) is 24.6 Å². The summed E-state index contributed by atoms with van der Waals surface area (Å²) in [6.07, 6.45) is 2.56. The Balaban J connectivity index is 1.07. The van der Waals surface area contributed by atoms with Gasteiger partial charge in [-0.1, -0.05) is 30.3 Å². The lowest BCUT2D eigenvalue weighted by Gasteiger charge is -2.32. The van der Waals surface area contributed by atoms with E-state index >= 15 is 0 Å². The third-order valence-corrected chi connectivity index (χ3v) is 7.93. The number of hydrogen-bond donors (Lipinski definition) is 2. The second-order valence-electron chi connectivity index (χ2n) is 10.5. The smallest absolute Gasteiger partial charge is 0.255 e. The molecule has 9 heteroatoms. The Hall–Kier alpha value is -4.11. The first kappa shape index (κ1) is 25.2. The zero-order chi connectivity index (χ0) is 26.9. The number of halogens is 1. The van der Waals surface area contributed by atoms with E-state index in [1.165, 1.54) is 11.6 Å². The van der Waals surface area contributed by atoms with Crippen molar-refractivity contribution in [2.45, 2.75) is 50.7 Å². The van der Waals surface area contributed by atoms with Gasteiger partial charge in [0.25, 0.3) is 5.91 Å². The molecule has 2 fully saturated rings. The molecule has 3 amide bonds. The number of carbonyl (C=O) groups is 3. The van der Waals surface area contributed by atoms with Crippen LogP contribution in [0.25, 0.3) is 0 Å². The Kier molecular flexibility index (Phi) is 6.83. The summed E-state index contributed by atoms with van der Waals surface area (Å²) in [5, 5.41) is 5.41. The maximum Gasteiger partial charge on any atom is 0.255 e. The number of piperidine rings is 2. The first-order valence-corrected chi connectivity index (χ1v) is 13.4. The molecule has 6 rings (SSSR count). The van der Waals surface area contributed by atoms with Crippen molar-refractivity contribution >= 4 is 29.2 Å². The van der Waals surface area contributed by atoms with E-state index in [4.69, 9.17) is 0 Å². The molecule has 0 spiro atoms. The summed E-state index contributed by atoms with van der Waals surface area (Å²) in [6, 6.07) is 18.1. The number of benzene rings is 2. The number of anilines is 2. The second kappa shape index (κ2) is 10.6. The molecule has 4 heterocycles. The largest absolute Gasteiger partial charge is 0.338 e. The molecule has 8 nitrogen and oxygen atoms in total. The van der Waals surface area contributed by atoms with E-state index in [2.05, 4.69) is 26.6 Å². The average Bonchev–Trinajstić information content (AvgIpc) is 3.27. The number of pyridine rings is 1. The van der Waals surface area contributed by atoms with E-state index < -0.39 is 11.9 Å². The summed E-state index contributed by atoms with van der Waals surface area (Å²) in [6.45, 7) is 2.83. The fourth-order valence-electron chi connectivity index (χ4n) is 5.82. The predicted molar refractivity (Wildman–Crippen MR) is 144 cm³/mol. The lowest BCUT2D eigenvalue weighted by Crippen LogP contribution is -2.52. The first-order valence-electron chi connectivity index (χ1n) is 13.4. The number of rotatable bonds is 6. The van der Waals surface area contributed by atoms with Gasteiger partial charge in [-0.2, -0.15) is 0 Å². The maximum atomic E-state index is 14.4. The first-order chi connectivity index (χ1) is 18.9. The summed E-state index contributed by atoms with van der Waals surface area (Å²) in [5.74, 6) is -0.594. The van der Waals surface area contributed by atoms with E-state index in [0.717, 1.165) is 42.9 Å². The molecule has 1 unspecified atom stereocenters. The molecule has 2 saturated heterocycles. The van der Waals surface area contributed by atoms with Gasteiger partial charge < -0.3 is 10.2 Å². The highest BCUT2D eigenvalue weighted by atomic mass is 19.1. The Morgan fingerprint density at radius 3 is 2.54 bits per heavy atom. The Morgan fingerprint density at radius 2 is 1.77 bits per heavy atom. The lowest BCUT2D eigenvalue weighted by molar-refractivity contribution is -0.136. The summed E-state index contributed by atoms with van der Waals surface area (Å²) in [7, 11) is 0. The second-order valence-corrected chi connectivity index (χ2v) is 10.5. The van der Waals surface area contributed by atoms with E-state index in [1.807, 2.05) is 42.5 Å². The molecular formula is C30H30FN5O3. The summed E-state index contributed by atoms with van der Waals surface area (Å²) in [5.41, 5.74) is 4.40. The van der Waals surface area contributed by atoms with Crippen LogP contribution in [-0.2, 0) is 22.7 Å². The molecule has 39 heavy (non-hydrogen) atoms. The number of hydrogen-bond acceptors (Lipinski definition) is 6. The zero-order valence-corrected chi connectivity index (χ0v) is 21.5. The van der Waals surface area contributed by atoms with E-state index in [1.54, 1.807) is 11.0 Å². The minimum Gasteiger partial charge on any atom is -0.338 e. The van der Waals surface area contributed by atoms with Gasteiger partial charge in [0.2, 0.25) is 11.8 Å². The standard InChI is InChI=1S/C30H30FN5O3/c31-25-9-7-23(33-28(25)32-22-4-2-1-3-5-22)18-35-14-12-19(13-15-35)20-6-8-24-21(16-20)17-36(30(24)39)26-10-11-27(37)34-29(26)38/h1-9,16,19,26H,10-15,17-18H2,(H,32,33)(H,34,37,38). The van der Waals surface area contributed by atoms with Crippen molar-refractivity contribution < 1.29 is 18.8 Å². The molecule has 2 N–H and O–H groups in total. The van der Waals surface area contributed by atoms with Crippen LogP contribution >= 0.6 is 0 Å². The normalized spacial score (nSPS) is 20.2. The molecule has 1 atom stereocenters. The number of nitrogens with zero attached hydrogens (tertiary/aromatic N) is 3. The van der Waals surface area contributed by atoms with Crippen LogP contribution in [0, 0.1) is 5.82 Å². The number of imide groups is 1. The molecule has 0 radical (unpaired) electrons. The Morgan fingerprint density at radius 1 is 0.974 bits per heavy atom. The van der Waals surface area contributed by atoms with Crippen LogP contribution in [0.2, 0.25) is 0 Å². The number of fused-ring (bicyclic) bond motifs is 1. The Bertz CT molecular complexity index is 1420. The van der Waals surface area contributed by atoms with Gasteiger partial charge in [0.15, 0.2) is 11.6 Å². The highest BCUT2D eigenvalue weighted by Gasteiger charge is 2.39. The van der Waals surface area contributed by atoms with Gasteiger partial charge in [0.05, 0.1) is 5.69 Å². The number of likely N-dealkylation sites (tertiary alicyclic amines) is 1. The van der Waals surface area contributed by atoms with Crippen LogP contribution in [0.3, 0.4) is 0 Å². The topological polar surface area (TPSA) is 94.6 Å². The summed E-state index contributed by atoms with van der Waals surface area (Å²) in [4.78, 5) is 45.3. The van der Waals surface area contributed by atoms with Crippen molar-refractivity contribution in [2.24, 2.45) is 0 Å². The zero-order valence-electron chi connectivity index (χ0n) is 21.5. The Labute approximate surface area is 226 Å². The van der Waals surface area contributed by atoms with Crippen LogP contribution < -0.4 is 10.6 Å². The average molecular weight is 528 g/mol. The number of carbonyl (C=O) groups excluding carboxylic acids is 3. The minimum atomic E-state index is -0.599. The van der Waals surface area contributed by atoms with Crippen molar-refractivity contribution in [3.63, 3.8) is 0 Å². The molecule has 0 aliphatic carbocycles. The van der Waals surface area contributed by atoms with E-state index in [0.29, 0.717) is 31.0 Å². The molecule has 3 aliphatic heterocycles. The molecule has 3 aromatic rings. The van der Waals surface area contributed by atoms with Crippen molar-refractivity contribution in [1.82, 2.24) is 20.1 Å². The molecular weight excluding hydrogens is 497 g/mol. The van der Waals surface area contributed by atoms with Gasteiger partial charge in [-0.15, -0.1) is 0 Å². The van der Waals surface area contributed by atoms with Gasteiger partial charge in [0.1, 0.15) is 6.04 Å².